The van der Waals surface area contributed by atoms with Gasteiger partial charge in [0, 0.05) is 17.6 Å². The summed E-state index contributed by atoms with van der Waals surface area (Å²) in [6.45, 7) is 0. The number of aromatic nitrogens is 1. The molecule has 3 nitrogen and oxygen atoms in total. The fraction of sp³-hybridized carbons (Fsp3) is 0.333. The van der Waals surface area contributed by atoms with Crippen LogP contribution in [-0.4, -0.2) is 17.6 Å². The number of nitrogens with zero attached hydrogens (tertiary/aromatic N) is 1. The molecule has 0 spiro atoms. The molecule has 1 aromatic heterocycles. The standard InChI is InChI=1S/C9H5ClF5NO2/c10-1-4-2-16-8(18-9(13,14)15)5(3-17)6(4)7(11)12/h2-3,7H,1H2. The van der Waals surface area contributed by atoms with Crippen molar-refractivity contribution in [1.29, 1.82) is 0 Å². The highest BCUT2D eigenvalue weighted by molar-refractivity contribution is 6.17. The summed E-state index contributed by atoms with van der Waals surface area (Å²) in [5.41, 5.74) is -2.10. The third kappa shape index (κ3) is 3.28. The predicted molar refractivity (Wildman–Crippen MR) is 50.8 cm³/mol. The molecule has 0 bridgehead atoms. The van der Waals surface area contributed by atoms with E-state index in [0.29, 0.717) is 6.20 Å². The van der Waals surface area contributed by atoms with Gasteiger partial charge in [-0.25, -0.2) is 13.8 Å². The van der Waals surface area contributed by atoms with E-state index in [2.05, 4.69) is 9.72 Å². The second-order valence-corrected chi connectivity index (χ2v) is 3.28. The number of pyridine rings is 1. The third-order valence-electron chi connectivity index (χ3n) is 1.90. The first-order chi connectivity index (χ1) is 8.30. The van der Waals surface area contributed by atoms with Crippen LogP contribution < -0.4 is 4.74 Å². The Bertz CT molecular complexity index is 449. The van der Waals surface area contributed by atoms with E-state index in [1.54, 1.807) is 0 Å². The highest BCUT2D eigenvalue weighted by Gasteiger charge is 2.34. The Morgan fingerprint density at radius 1 is 1.44 bits per heavy atom. The van der Waals surface area contributed by atoms with Crippen molar-refractivity contribution < 1.29 is 31.5 Å². The number of carbonyl (C=O) groups is 1. The molecule has 0 saturated heterocycles. The zero-order valence-electron chi connectivity index (χ0n) is 8.47. The smallest absolute Gasteiger partial charge is 0.387 e. The van der Waals surface area contributed by atoms with Crippen molar-refractivity contribution >= 4 is 17.9 Å². The lowest BCUT2D eigenvalue weighted by atomic mass is 10.1. The second kappa shape index (κ2) is 5.47. The minimum Gasteiger partial charge on any atom is -0.387 e. The van der Waals surface area contributed by atoms with E-state index in [4.69, 9.17) is 11.6 Å². The van der Waals surface area contributed by atoms with Gasteiger partial charge in [0.15, 0.2) is 6.29 Å². The topological polar surface area (TPSA) is 39.2 Å². The van der Waals surface area contributed by atoms with Crippen molar-refractivity contribution in [2.24, 2.45) is 0 Å². The zero-order chi connectivity index (χ0) is 13.9. The summed E-state index contributed by atoms with van der Waals surface area (Å²) in [4.78, 5) is 13.8. The van der Waals surface area contributed by atoms with Crippen LogP contribution >= 0.6 is 11.6 Å². The fourth-order valence-corrected chi connectivity index (χ4v) is 1.45. The Hall–Kier alpha value is -1.44. The number of aldehydes is 1. The lowest BCUT2D eigenvalue weighted by molar-refractivity contribution is -0.276. The van der Waals surface area contributed by atoms with Crippen molar-refractivity contribution in [3.8, 4) is 5.88 Å². The van der Waals surface area contributed by atoms with Crippen LogP contribution in [0.15, 0.2) is 6.20 Å². The van der Waals surface area contributed by atoms with Gasteiger partial charge in [0.2, 0.25) is 5.88 Å². The molecule has 0 aliphatic heterocycles. The molecule has 100 valence electrons. The molecular formula is C9H5ClF5NO2. The minimum atomic E-state index is -5.13. The average Bonchev–Trinajstić information content (AvgIpc) is 2.26. The Morgan fingerprint density at radius 2 is 2.06 bits per heavy atom. The summed E-state index contributed by atoms with van der Waals surface area (Å²) in [6.07, 6.45) is -7.77. The Kier molecular flexibility index (Phi) is 4.44. The molecule has 0 aromatic carbocycles. The Morgan fingerprint density at radius 3 is 2.44 bits per heavy atom. The summed E-state index contributed by atoms with van der Waals surface area (Å²) in [5.74, 6) is -1.64. The Labute approximate surface area is 103 Å². The molecule has 9 heteroatoms. The molecule has 0 saturated carbocycles. The predicted octanol–water partition coefficient (Wildman–Crippen LogP) is 3.47. The molecule has 0 aliphatic rings. The number of halogens is 6. The van der Waals surface area contributed by atoms with Gasteiger partial charge in [0.25, 0.3) is 6.43 Å². The molecule has 0 radical (unpaired) electrons. The first-order valence-electron chi connectivity index (χ1n) is 4.37. The normalized spacial score (nSPS) is 11.7. The van der Waals surface area contributed by atoms with E-state index in [1.165, 1.54) is 0 Å². The molecule has 1 aromatic rings. The number of rotatable bonds is 4. The van der Waals surface area contributed by atoms with Crippen LogP contribution in [0, 0.1) is 0 Å². The highest BCUT2D eigenvalue weighted by atomic mass is 35.5. The number of hydrogen-bond acceptors (Lipinski definition) is 3. The van der Waals surface area contributed by atoms with Gasteiger partial charge in [-0.3, -0.25) is 4.79 Å². The molecular weight excluding hydrogens is 285 g/mol. The molecule has 1 heterocycles. The van der Waals surface area contributed by atoms with Crippen LogP contribution in [0.25, 0.3) is 0 Å². The summed E-state index contributed by atoms with van der Waals surface area (Å²) >= 11 is 5.34. The molecule has 0 unspecified atom stereocenters. The number of carbonyl (C=O) groups excluding carboxylic acids is 1. The average molecular weight is 290 g/mol. The molecule has 0 atom stereocenters. The maximum absolute atomic E-state index is 12.7. The summed E-state index contributed by atoms with van der Waals surface area (Å²) in [5, 5.41) is 0. The first-order valence-corrected chi connectivity index (χ1v) is 4.90. The van der Waals surface area contributed by atoms with Crippen molar-refractivity contribution in [2.45, 2.75) is 18.7 Å². The van der Waals surface area contributed by atoms with E-state index in [-0.39, 0.29) is 11.8 Å². The van der Waals surface area contributed by atoms with Crippen molar-refractivity contribution in [3.05, 3.63) is 22.9 Å². The van der Waals surface area contributed by atoms with Crippen LogP contribution in [0.3, 0.4) is 0 Å². The monoisotopic (exact) mass is 289 g/mol. The van der Waals surface area contributed by atoms with Gasteiger partial charge in [-0.2, -0.15) is 0 Å². The molecule has 0 aliphatic carbocycles. The lowest BCUT2D eigenvalue weighted by Crippen LogP contribution is -2.20. The summed E-state index contributed by atoms with van der Waals surface area (Å²) < 4.78 is 64.7. The van der Waals surface area contributed by atoms with Crippen molar-refractivity contribution in [3.63, 3.8) is 0 Å². The number of alkyl halides is 6. The van der Waals surface area contributed by atoms with Gasteiger partial charge in [-0.1, -0.05) is 0 Å². The van der Waals surface area contributed by atoms with Crippen LogP contribution in [0.2, 0.25) is 0 Å². The molecule has 1 rings (SSSR count). The highest BCUT2D eigenvalue weighted by Crippen LogP contribution is 2.33. The van der Waals surface area contributed by atoms with E-state index in [1.807, 2.05) is 0 Å². The SMILES string of the molecule is O=Cc1c(OC(F)(F)F)ncc(CCl)c1C(F)F. The van der Waals surface area contributed by atoms with Crippen LogP contribution in [0.4, 0.5) is 22.0 Å². The van der Waals surface area contributed by atoms with Gasteiger partial charge in [0.1, 0.15) is 0 Å². The van der Waals surface area contributed by atoms with E-state index >= 15 is 0 Å². The van der Waals surface area contributed by atoms with Gasteiger partial charge < -0.3 is 4.74 Å². The van der Waals surface area contributed by atoms with Crippen molar-refractivity contribution in [2.75, 3.05) is 0 Å². The maximum atomic E-state index is 12.7. The molecule has 0 fully saturated rings. The Balaban J connectivity index is 3.38. The first kappa shape index (κ1) is 14.6. The summed E-state index contributed by atoms with van der Waals surface area (Å²) in [7, 11) is 0. The van der Waals surface area contributed by atoms with E-state index < -0.39 is 35.7 Å². The van der Waals surface area contributed by atoms with E-state index in [9.17, 15) is 26.7 Å². The molecule has 18 heavy (non-hydrogen) atoms. The number of ether oxygens (including phenoxy) is 1. The zero-order valence-corrected chi connectivity index (χ0v) is 9.23. The quantitative estimate of drug-likeness (QED) is 0.484. The van der Waals surface area contributed by atoms with E-state index in [0.717, 1.165) is 0 Å². The largest absolute Gasteiger partial charge is 0.574 e. The number of hydrogen-bond donors (Lipinski definition) is 0. The third-order valence-corrected chi connectivity index (χ3v) is 2.18. The summed E-state index contributed by atoms with van der Waals surface area (Å²) in [6, 6.07) is 0. The second-order valence-electron chi connectivity index (χ2n) is 3.02. The molecule has 0 amide bonds. The van der Waals surface area contributed by atoms with Crippen molar-refractivity contribution in [1.82, 2.24) is 4.98 Å². The van der Waals surface area contributed by atoms with Gasteiger partial charge in [-0.05, 0) is 5.56 Å². The van der Waals surface area contributed by atoms with Gasteiger partial charge >= 0.3 is 6.36 Å². The van der Waals surface area contributed by atoms with Crippen LogP contribution in [0.5, 0.6) is 5.88 Å². The van der Waals surface area contributed by atoms with Gasteiger partial charge in [0.05, 0.1) is 5.56 Å². The van der Waals surface area contributed by atoms with Crippen LogP contribution in [0.1, 0.15) is 27.9 Å². The van der Waals surface area contributed by atoms with Crippen LogP contribution in [-0.2, 0) is 5.88 Å². The maximum Gasteiger partial charge on any atom is 0.574 e. The lowest BCUT2D eigenvalue weighted by Gasteiger charge is -2.14. The fourth-order valence-electron chi connectivity index (χ4n) is 1.23. The minimum absolute atomic E-state index is 0.175. The van der Waals surface area contributed by atoms with Gasteiger partial charge in [-0.15, -0.1) is 24.8 Å². The molecule has 0 N–H and O–H groups in total.